The molecule has 8 heteroatoms. The van der Waals surface area contributed by atoms with Gasteiger partial charge in [0.1, 0.15) is 6.04 Å². The molecule has 2 aliphatic heterocycles. The van der Waals surface area contributed by atoms with Crippen molar-refractivity contribution in [2.45, 2.75) is 58.0 Å². The fourth-order valence-electron chi connectivity index (χ4n) is 5.60. The maximum absolute atomic E-state index is 14.1. The molecule has 6 rings (SSSR count). The van der Waals surface area contributed by atoms with Crippen molar-refractivity contribution in [3.05, 3.63) is 104 Å². The Labute approximate surface area is 248 Å². The van der Waals surface area contributed by atoms with Gasteiger partial charge in [-0.15, -0.1) is 0 Å². The largest absolute Gasteiger partial charge is 0.370 e. The van der Waals surface area contributed by atoms with Crippen molar-refractivity contribution >= 4 is 49.9 Å². The Balaban J connectivity index is 1.55. The molecule has 7 nitrogen and oxygen atoms in total. The zero-order chi connectivity index (χ0) is 29.1. The number of nitrogens with zero attached hydrogens (tertiary/aromatic N) is 1. The molecular weight excluding hydrogens is 580 g/mol. The van der Waals surface area contributed by atoms with Gasteiger partial charge in [0.15, 0.2) is 0 Å². The molecule has 0 radical (unpaired) electrons. The molecule has 0 aliphatic carbocycles. The minimum Gasteiger partial charge on any atom is -0.370 e. The molecule has 0 unspecified atom stereocenters. The Hall–Kier alpha value is -3.91. The number of anilines is 2. The van der Waals surface area contributed by atoms with Crippen LogP contribution in [0.5, 0.6) is 0 Å². The number of aryl methyl sites for hydroxylation is 1. The average molecular weight is 616 g/mol. The van der Waals surface area contributed by atoms with Gasteiger partial charge >= 0.3 is 0 Å². The zero-order valence-electron chi connectivity index (χ0n) is 23.6. The summed E-state index contributed by atoms with van der Waals surface area (Å²) in [5.74, 6) is 0.210. The highest BCUT2D eigenvalue weighted by Crippen LogP contribution is 2.31. The lowest BCUT2D eigenvalue weighted by atomic mass is 9.89. The molecule has 41 heavy (non-hydrogen) atoms. The smallest absolute Gasteiger partial charge is 0.255 e. The Kier molecular flexibility index (Phi) is 8.59. The van der Waals surface area contributed by atoms with Crippen LogP contribution in [0.4, 0.5) is 11.4 Å². The van der Waals surface area contributed by atoms with E-state index in [1.54, 1.807) is 24.2 Å². The zero-order valence-corrected chi connectivity index (χ0v) is 25.2. The quantitative estimate of drug-likeness (QED) is 0.226. The van der Waals surface area contributed by atoms with Crippen LogP contribution < -0.4 is 16.2 Å². The van der Waals surface area contributed by atoms with E-state index in [0.29, 0.717) is 35.6 Å². The van der Waals surface area contributed by atoms with Crippen molar-refractivity contribution in [2.24, 2.45) is 0 Å². The summed E-state index contributed by atoms with van der Waals surface area (Å²) in [6.07, 6.45) is 4.86. The van der Waals surface area contributed by atoms with E-state index in [-0.39, 0.29) is 17.4 Å². The highest BCUT2D eigenvalue weighted by atomic mass is 79.9. The van der Waals surface area contributed by atoms with E-state index in [1.807, 2.05) is 42.5 Å². The molecule has 2 atom stereocenters. The van der Waals surface area contributed by atoms with Gasteiger partial charge in [-0.05, 0) is 89.7 Å². The third kappa shape index (κ3) is 6.54. The van der Waals surface area contributed by atoms with Gasteiger partial charge in [0, 0.05) is 47.4 Å². The first-order chi connectivity index (χ1) is 19.7. The number of aromatic nitrogens is 1. The monoisotopic (exact) mass is 614 g/mol. The number of hydrogen-bond acceptors (Lipinski definition) is 4. The van der Waals surface area contributed by atoms with E-state index in [9.17, 15) is 14.4 Å². The molecular formula is C33H35BrN4O3. The van der Waals surface area contributed by atoms with Crippen molar-refractivity contribution in [1.29, 1.82) is 0 Å². The van der Waals surface area contributed by atoms with E-state index in [2.05, 4.69) is 57.5 Å². The molecule has 4 aromatic rings. The van der Waals surface area contributed by atoms with Crippen LogP contribution in [0.2, 0.25) is 0 Å². The fourth-order valence-corrected chi connectivity index (χ4v) is 5.97. The van der Waals surface area contributed by atoms with E-state index >= 15 is 0 Å². The maximum atomic E-state index is 14.1. The van der Waals surface area contributed by atoms with Gasteiger partial charge in [0.25, 0.3) is 5.56 Å². The Bertz CT molecular complexity index is 1660. The molecule has 3 N–H and O–H groups in total. The molecule has 212 valence electrons. The first-order valence-corrected chi connectivity index (χ1v) is 14.8. The number of H-pyrrole nitrogens is 1. The summed E-state index contributed by atoms with van der Waals surface area (Å²) in [6, 6.07) is 18.7. The van der Waals surface area contributed by atoms with Gasteiger partial charge in [-0.3, -0.25) is 14.4 Å². The number of halogens is 1. The molecule has 0 saturated heterocycles. The second-order valence-corrected chi connectivity index (χ2v) is 11.9. The molecule has 3 heterocycles. The van der Waals surface area contributed by atoms with Gasteiger partial charge in [-0.1, -0.05) is 53.5 Å². The van der Waals surface area contributed by atoms with Crippen molar-refractivity contribution < 1.29 is 9.59 Å². The second kappa shape index (κ2) is 12.3. The lowest BCUT2D eigenvalue weighted by Gasteiger charge is -2.27. The number of pyridine rings is 1. The number of aromatic amines is 1. The molecule has 2 amide bonds. The highest BCUT2D eigenvalue weighted by molar-refractivity contribution is 9.10. The lowest BCUT2D eigenvalue weighted by Crippen LogP contribution is -2.35. The van der Waals surface area contributed by atoms with Crippen molar-refractivity contribution in [3.63, 3.8) is 0 Å². The Morgan fingerprint density at radius 3 is 2.61 bits per heavy atom. The number of nitrogens with one attached hydrogen (secondary N) is 3. The van der Waals surface area contributed by atoms with Crippen LogP contribution >= 0.6 is 15.9 Å². The molecule has 4 bridgehead atoms. The SMILES string of the molecule is Cc1cc2ccc1[C@@H](C)CCCCC(=O)Nc1ccc(Br)c(c1)CN(C)C(=O)[C@@H]2Nc1ccc2cc[nH]c(=O)c2c1. The van der Waals surface area contributed by atoms with E-state index < -0.39 is 6.04 Å². The molecule has 0 saturated carbocycles. The minimum atomic E-state index is -0.677. The molecule has 2 aliphatic rings. The highest BCUT2D eigenvalue weighted by Gasteiger charge is 2.26. The summed E-state index contributed by atoms with van der Waals surface area (Å²) >= 11 is 3.61. The third-order valence-electron chi connectivity index (χ3n) is 7.90. The van der Waals surface area contributed by atoms with Gasteiger partial charge < -0.3 is 20.5 Å². The lowest BCUT2D eigenvalue weighted by molar-refractivity contribution is -0.131. The maximum Gasteiger partial charge on any atom is 0.255 e. The number of fused-ring (bicyclic) bond motifs is 12. The van der Waals surface area contributed by atoms with Gasteiger partial charge in [0.05, 0.1) is 0 Å². The number of likely N-dealkylation sites (N-methyl/N-ethyl adjacent to an activating group) is 1. The van der Waals surface area contributed by atoms with Gasteiger partial charge in [0.2, 0.25) is 11.8 Å². The van der Waals surface area contributed by atoms with Crippen LogP contribution in [0, 0.1) is 6.92 Å². The van der Waals surface area contributed by atoms with Crippen LogP contribution in [-0.4, -0.2) is 28.7 Å². The Morgan fingerprint density at radius 1 is 0.976 bits per heavy atom. The van der Waals surface area contributed by atoms with E-state index in [1.165, 1.54) is 5.56 Å². The van der Waals surface area contributed by atoms with Crippen LogP contribution in [0.3, 0.4) is 0 Å². The summed E-state index contributed by atoms with van der Waals surface area (Å²) in [7, 11) is 1.78. The first-order valence-electron chi connectivity index (χ1n) is 14.0. The summed E-state index contributed by atoms with van der Waals surface area (Å²) in [5, 5.41) is 7.83. The van der Waals surface area contributed by atoms with Crippen molar-refractivity contribution in [2.75, 3.05) is 17.7 Å². The average Bonchev–Trinajstić information content (AvgIpc) is 2.95. The fraction of sp³-hybridized carbons (Fsp3) is 0.303. The number of benzene rings is 3. The summed E-state index contributed by atoms with van der Waals surface area (Å²) in [4.78, 5) is 43.6. The number of amides is 2. The molecule has 3 aromatic carbocycles. The molecule has 0 spiro atoms. The molecule has 1 aromatic heterocycles. The minimum absolute atomic E-state index is 0.00417. The standard InChI is InChI=1S/C33H35BrN4O3/c1-20-6-4-5-7-30(39)36-25-11-13-29(34)24(17-25)19-38(3)33(41)31(23-9-12-27(20)21(2)16-23)37-26-10-8-22-14-15-35-32(40)28(22)18-26/h8-18,20,31,37H,4-7,19H2,1-3H3,(H,35,40)(H,36,39)/t20-,31+/m0/s1. The van der Waals surface area contributed by atoms with E-state index in [0.717, 1.165) is 45.8 Å². The number of rotatable bonds is 2. The van der Waals surface area contributed by atoms with E-state index in [4.69, 9.17) is 0 Å². The summed E-state index contributed by atoms with van der Waals surface area (Å²) in [6.45, 7) is 4.64. The number of hydrogen-bond donors (Lipinski definition) is 3. The normalized spacial score (nSPS) is 18.6. The number of carbonyl (C=O) groups excluding carboxylic acids is 2. The summed E-state index contributed by atoms with van der Waals surface area (Å²) in [5.41, 5.74) is 5.34. The second-order valence-electron chi connectivity index (χ2n) is 11.0. The van der Waals surface area contributed by atoms with Crippen LogP contribution in [0.15, 0.2) is 76.1 Å². The van der Waals surface area contributed by atoms with Crippen molar-refractivity contribution in [1.82, 2.24) is 9.88 Å². The topological polar surface area (TPSA) is 94.3 Å². The van der Waals surface area contributed by atoms with Crippen LogP contribution in [-0.2, 0) is 16.1 Å². The predicted octanol–water partition coefficient (Wildman–Crippen LogP) is 7.03. The van der Waals surface area contributed by atoms with Crippen LogP contribution in [0.1, 0.15) is 66.8 Å². The van der Waals surface area contributed by atoms with Gasteiger partial charge in [-0.2, -0.15) is 0 Å². The predicted molar refractivity (Wildman–Crippen MR) is 168 cm³/mol. The first kappa shape index (κ1) is 28.6. The number of carbonyl (C=O) groups is 2. The van der Waals surface area contributed by atoms with Gasteiger partial charge in [-0.25, -0.2) is 0 Å². The summed E-state index contributed by atoms with van der Waals surface area (Å²) < 4.78 is 0.858. The Morgan fingerprint density at radius 2 is 1.80 bits per heavy atom. The van der Waals surface area contributed by atoms with Crippen molar-refractivity contribution in [3.8, 4) is 0 Å². The van der Waals surface area contributed by atoms with Crippen LogP contribution in [0.25, 0.3) is 10.8 Å². The third-order valence-corrected chi connectivity index (χ3v) is 8.67. The molecule has 0 fully saturated rings.